The summed E-state index contributed by atoms with van der Waals surface area (Å²) in [5, 5.41) is 2.77. The molecule has 0 aromatic heterocycles. The number of para-hydroxylation sites is 2. The maximum atomic E-state index is 13.7. The van der Waals surface area contributed by atoms with Gasteiger partial charge in [0.15, 0.2) is 0 Å². The van der Waals surface area contributed by atoms with Crippen molar-refractivity contribution in [3.63, 3.8) is 0 Å². The number of hydrogen-bond donors (Lipinski definition) is 2. The molecular formula is C16H18FN3O. The minimum atomic E-state index is -0.358. The second-order valence-electron chi connectivity index (χ2n) is 4.89. The lowest BCUT2D eigenvalue weighted by molar-refractivity contribution is -0.114. The van der Waals surface area contributed by atoms with Crippen LogP contribution in [0, 0.1) is 12.7 Å². The van der Waals surface area contributed by atoms with Crippen molar-refractivity contribution >= 4 is 23.0 Å². The minimum Gasteiger partial charge on any atom is -0.397 e. The molecule has 0 saturated carbocycles. The Balaban J connectivity index is 2.07. The Bertz CT molecular complexity index is 637. The van der Waals surface area contributed by atoms with Gasteiger partial charge in [0.25, 0.3) is 0 Å². The first-order valence-corrected chi connectivity index (χ1v) is 6.59. The number of benzene rings is 2. The first-order chi connectivity index (χ1) is 9.99. The zero-order chi connectivity index (χ0) is 15.4. The van der Waals surface area contributed by atoms with Crippen LogP contribution in [0.15, 0.2) is 42.5 Å². The van der Waals surface area contributed by atoms with Gasteiger partial charge in [0.2, 0.25) is 5.91 Å². The van der Waals surface area contributed by atoms with Gasteiger partial charge in [-0.15, -0.1) is 0 Å². The number of rotatable bonds is 4. The van der Waals surface area contributed by atoms with E-state index in [1.165, 1.54) is 6.07 Å². The van der Waals surface area contributed by atoms with E-state index >= 15 is 0 Å². The summed E-state index contributed by atoms with van der Waals surface area (Å²) in [4.78, 5) is 13.6. The van der Waals surface area contributed by atoms with Crippen molar-refractivity contribution in [2.45, 2.75) is 6.92 Å². The third-order valence-corrected chi connectivity index (χ3v) is 3.21. The van der Waals surface area contributed by atoms with Gasteiger partial charge in [-0.1, -0.05) is 24.3 Å². The lowest BCUT2D eigenvalue weighted by Gasteiger charge is -2.20. The molecule has 0 heterocycles. The van der Waals surface area contributed by atoms with Crippen LogP contribution in [0.4, 0.5) is 21.5 Å². The predicted molar refractivity (Wildman–Crippen MR) is 83.9 cm³/mol. The average molecular weight is 287 g/mol. The number of nitrogens with zero attached hydrogens (tertiary/aromatic N) is 1. The molecule has 0 aliphatic heterocycles. The number of nitrogens with two attached hydrogens (primary N) is 1. The topological polar surface area (TPSA) is 58.4 Å². The van der Waals surface area contributed by atoms with Gasteiger partial charge < -0.3 is 16.0 Å². The number of likely N-dealkylation sites (N-methyl/N-ethyl adjacent to an activating group) is 1. The Morgan fingerprint density at radius 1 is 1.24 bits per heavy atom. The molecule has 2 rings (SSSR count). The number of nitrogen functional groups attached to an aromatic ring is 1. The molecule has 0 bridgehead atoms. The monoisotopic (exact) mass is 287 g/mol. The van der Waals surface area contributed by atoms with E-state index in [1.807, 2.05) is 19.1 Å². The molecule has 0 unspecified atom stereocenters. The SMILES string of the molecule is Cc1cccc(N)c1NC(=O)CN(C)c1ccccc1F. The molecular weight excluding hydrogens is 269 g/mol. The Morgan fingerprint density at radius 3 is 2.62 bits per heavy atom. The van der Waals surface area contributed by atoms with Gasteiger partial charge in [-0.05, 0) is 30.7 Å². The Kier molecular flexibility index (Phi) is 4.42. The van der Waals surface area contributed by atoms with E-state index in [0.717, 1.165) is 5.56 Å². The molecule has 2 aromatic carbocycles. The van der Waals surface area contributed by atoms with Crippen molar-refractivity contribution in [2.24, 2.45) is 0 Å². The molecule has 0 aliphatic rings. The van der Waals surface area contributed by atoms with Gasteiger partial charge in [0.05, 0.1) is 23.6 Å². The zero-order valence-corrected chi connectivity index (χ0v) is 12.1. The second-order valence-corrected chi connectivity index (χ2v) is 4.89. The second kappa shape index (κ2) is 6.26. The highest BCUT2D eigenvalue weighted by atomic mass is 19.1. The number of amides is 1. The number of halogens is 1. The average Bonchev–Trinajstić information content (AvgIpc) is 2.43. The summed E-state index contributed by atoms with van der Waals surface area (Å²) in [7, 11) is 1.67. The van der Waals surface area contributed by atoms with E-state index in [4.69, 9.17) is 5.73 Å². The van der Waals surface area contributed by atoms with Crippen molar-refractivity contribution in [1.82, 2.24) is 0 Å². The maximum absolute atomic E-state index is 13.7. The Hall–Kier alpha value is -2.56. The number of anilines is 3. The summed E-state index contributed by atoms with van der Waals surface area (Å²) in [5.74, 6) is -0.607. The number of hydrogen-bond acceptors (Lipinski definition) is 3. The van der Waals surface area contributed by atoms with Crippen molar-refractivity contribution in [1.29, 1.82) is 0 Å². The summed E-state index contributed by atoms with van der Waals surface area (Å²) in [6, 6.07) is 11.8. The molecule has 3 N–H and O–H groups in total. The smallest absolute Gasteiger partial charge is 0.243 e. The molecule has 4 nitrogen and oxygen atoms in total. The molecule has 5 heteroatoms. The normalized spacial score (nSPS) is 10.2. The van der Waals surface area contributed by atoms with Gasteiger partial charge in [0, 0.05) is 7.05 Å². The van der Waals surface area contributed by atoms with Gasteiger partial charge in [-0.2, -0.15) is 0 Å². The molecule has 0 saturated heterocycles. The fourth-order valence-electron chi connectivity index (χ4n) is 2.10. The molecule has 21 heavy (non-hydrogen) atoms. The lowest BCUT2D eigenvalue weighted by Crippen LogP contribution is -2.31. The first-order valence-electron chi connectivity index (χ1n) is 6.59. The summed E-state index contributed by atoms with van der Waals surface area (Å²) in [5.41, 5.74) is 8.23. The highest BCUT2D eigenvalue weighted by Crippen LogP contribution is 2.23. The third kappa shape index (κ3) is 3.51. The van der Waals surface area contributed by atoms with E-state index in [1.54, 1.807) is 36.2 Å². The standard InChI is InChI=1S/C16H18FN3O/c1-11-6-5-8-13(18)16(11)19-15(21)10-20(2)14-9-4-3-7-12(14)17/h3-9H,10,18H2,1-2H3,(H,19,21). The minimum absolute atomic E-state index is 0.0364. The molecule has 0 spiro atoms. The van der Waals surface area contributed by atoms with E-state index < -0.39 is 0 Å². The zero-order valence-electron chi connectivity index (χ0n) is 12.1. The third-order valence-electron chi connectivity index (χ3n) is 3.21. The van der Waals surface area contributed by atoms with Crippen molar-refractivity contribution in [3.8, 4) is 0 Å². The quantitative estimate of drug-likeness (QED) is 0.850. The molecule has 110 valence electrons. The van der Waals surface area contributed by atoms with Crippen molar-refractivity contribution in [3.05, 3.63) is 53.8 Å². The van der Waals surface area contributed by atoms with E-state index in [9.17, 15) is 9.18 Å². The molecule has 2 aromatic rings. The largest absolute Gasteiger partial charge is 0.397 e. The summed E-state index contributed by atoms with van der Waals surface area (Å²) in [6.45, 7) is 1.90. The lowest BCUT2D eigenvalue weighted by atomic mass is 10.1. The van der Waals surface area contributed by atoms with E-state index in [0.29, 0.717) is 17.1 Å². The van der Waals surface area contributed by atoms with Crippen LogP contribution in [0.3, 0.4) is 0 Å². The molecule has 0 atom stereocenters. The molecule has 0 aliphatic carbocycles. The van der Waals surface area contributed by atoms with Crippen LogP contribution in [0.2, 0.25) is 0 Å². The van der Waals surface area contributed by atoms with E-state index in [-0.39, 0.29) is 18.3 Å². The number of aryl methyl sites for hydroxylation is 1. The summed E-state index contributed by atoms with van der Waals surface area (Å²) >= 11 is 0. The van der Waals surface area contributed by atoms with Crippen LogP contribution in [0.25, 0.3) is 0 Å². The van der Waals surface area contributed by atoms with Crippen LogP contribution in [0.1, 0.15) is 5.56 Å². The fourth-order valence-corrected chi connectivity index (χ4v) is 2.10. The molecule has 1 amide bonds. The first kappa shape index (κ1) is 14.8. The van der Waals surface area contributed by atoms with Gasteiger partial charge in [0.1, 0.15) is 5.82 Å². The van der Waals surface area contributed by atoms with Crippen LogP contribution in [-0.2, 0) is 4.79 Å². The summed E-state index contributed by atoms with van der Waals surface area (Å²) in [6.07, 6.45) is 0. The van der Waals surface area contributed by atoms with Gasteiger partial charge in [-0.3, -0.25) is 4.79 Å². The Morgan fingerprint density at radius 2 is 1.95 bits per heavy atom. The predicted octanol–water partition coefficient (Wildman–Crippen LogP) is 2.79. The number of carbonyl (C=O) groups excluding carboxylic acids is 1. The number of nitrogens with one attached hydrogen (secondary N) is 1. The van der Waals surface area contributed by atoms with Crippen LogP contribution in [0.5, 0.6) is 0 Å². The van der Waals surface area contributed by atoms with Gasteiger partial charge >= 0.3 is 0 Å². The fraction of sp³-hybridized carbons (Fsp3) is 0.188. The Labute approximate surface area is 123 Å². The maximum Gasteiger partial charge on any atom is 0.243 e. The number of carbonyl (C=O) groups is 1. The van der Waals surface area contributed by atoms with Crippen molar-refractivity contribution < 1.29 is 9.18 Å². The molecule has 0 fully saturated rings. The molecule has 0 radical (unpaired) electrons. The van der Waals surface area contributed by atoms with Gasteiger partial charge in [-0.25, -0.2) is 4.39 Å². The van der Waals surface area contributed by atoms with E-state index in [2.05, 4.69) is 5.32 Å². The van der Waals surface area contributed by atoms with Crippen molar-refractivity contribution in [2.75, 3.05) is 29.5 Å². The van der Waals surface area contributed by atoms with Crippen LogP contribution >= 0.6 is 0 Å². The van der Waals surface area contributed by atoms with Crippen LogP contribution in [-0.4, -0.2) is 19.5 Å². The highest BCUT2D eigenvalue weighted by molar-refractivity contribution is 5.97. The summed E-state index contributed by atoms with van der Waals surface area (Å²) < 4.78 is 13.7. The highest BCUT2D eigenvalue weighted by Gasteiger charge is 2.13. The van der Waals surface area contributed by atoms with Crippen LogP contribution < -0.4 is 16.0 Å².